The molecule has 0 aliphatic rings. The molecule has 0 saturated heterocycles. The van der Waals surface area contributed by atoms with Crippen molar-refractivity contribution in [1.29, 1.82) is 5.26 Å². The summed E-state index contributed by atoms with van der Waals surface area (Å²) < 4.78 is 6.96. The lowest BCUT2D eigenvalue weighted by molar-refractivity contribution is 0.371. The lowest BCUT2D eigenvalue weighted by Crippen LogP contribution is -2.03. The van der Waals surface area contributed by atoms with E-state index in [1.165, 1.54) is 0 Å². The summed E-state index contributed by atoms with van der Waals surface area (Å²) in [6.07, 6.45) is 2.09. The number of anilines is 1. The zero-order valence-electron chi connectivity index (χ0n) is 8.58. The van der Waals surface area contributed by atoms with E-state index in [2.05, 4.69) is 13.0 Å². The van der Waals surface area contributed by atoms with E-state index >= 15 is 0 Å². The monoisotopic (exact) mass is 193 g/mol. The molecule has 2 N–H and O–H groups in total. The number of ether oxygens (including phenoxy) is 1. The summed E-state index contributed by atoms with van der Waals surface area (Å²) in [4.78, 5) is 0. The van der Waals surface area contributed by atoms with Crippen molar-refractivity contribution in [2.45, 2.75) is 26.3 Å². The number of hydrogen-bond acceptors (Lipinski definition) is 3. The van der Waals surface area contributed by atoms with Gasteiger partial charge in [-0.2, -0.15) is 5.26 Å². The third-order valence-electron chi connectivity index (χ3n) is 2.12. The van der Waals surface area contributed by atoms with E-state index in [-0.39, 0.29) is 0 Å². The van der Waals surface area contributed by atoms with E-state index in [0.717, 1.165) is 19.4 Å². The molecule has 1 rings (SSSR count). The SMILES string of the molecule is CCCCn1c(C#N)cc(N)c1OC. The van der Waals surface area contributed by atoms with Crippen LogP contribution in [0.1, 0.15) is 25.5 Å². The highest BCUT2D eigenvalue weighted by molar-refractivity contribution is 5.55. The molecular formula is C10H15N3O. The molecule has 0 fully saturated rings. The molecule has 4 nitrogen and oxygen atoms in total. The number of nitrogen functional groups attached to an aromatic ring is 1. The van der Waals surface area contributed by atoms with Crippen LogP contribution in [0.3, 0.4) is 0 Å². The summed E-state index contributed by atoms with van der Waals surface area (Å²) in [5.74, 6) is 0.593. The van der Waals surface area contributed by atoms with Crippen molar-refractivity contribution >= 4 is 5.69 Å². The second-order valence-electron chi connectivity index (χ2n) is 3.11. The Balaban J connectivity index is 3.03. The van der Waals surface area contributed by atoms with Crippen molar-refractivity contribution in [2.24, 2.45) is 0 Å². The molecule has 0 spiro atoms. The zero-order valence-corrected chi connectivity index (χ0v) is 8.58. The molecule has 0 unspecified atom stereocenters. The van der Waals surface area contributed by atoms with Gasteiger partial charge in [0, 0.05) is 12.6 Å². The van der Waals surface area contributed by atoms with Gasteiger partial charge in [-0.15, -0.1) is 0 Å². The number of hydrogen-bond donors (Lipinski definition) is 1. The molecule has 4 heteroatoms. The van der Waals surface area contributed by atoms with Crippen molar-refractivity contribution < 1.29 is 4.74 Å². The second-order valence-corrected chi connectivity index (χ2v) is 3.11. The van der Waals surface area contributed by atoms with Crippen molar-refractivity contribution in [3.63, 3.8) is 0 Å². The highest BCUT2D eigenvalue weighted by atomic mass is 16.5. The molecule has 0 saturated carbocycles. The maximum atomic E-state index is 8.87. The fourth-order valence-corrected chi connectivity index (χ4v) is 1.41. The highest BCUT2D eigenvalue weighted by Gasteiger charge is 2.12. The minimum Gasteiger partial charge on any atom is -0.481 e. The first-order valence-corrected chi connectivity index (χ1v) is 4.67. The maximum absolute atomic E-state index is 8.87. The topological polar surface area (TPSA) is 64.0 Å². The molecule has 1 aromatic rings. The summed E-state index contributed by atoms with van der Waals surface area (Å²) in [5, 5.41) is 8.87. The Kier molecular flexibility index (Phi) is 3.41. The molecule has 14 heavy (non-hydrogen) atoms. The van der Waals surface area contributed by atoms with Crippen molar-refractivity contribution in [3.8, 4) is 11.9 Å². The molecule has 0 aliphatic carbocycles. The largest absolute Gasteiger partial charge is 0.481 e. The van der Waals surface area contributed by atoms with Gasteiger partial charge >= 0.3 is 0 Å². The molecule has 1 aromatic heterocycles. The zero-order chi connectivity index (χ0) is 10.6. The van der Waals surface area contributed by atoms with Crippen LogP contribution in [-0.2, 0) is 6.54 Å². The molecule has 76 valence electrons. The van der Waals surface area contributed by atoms with Gasteiger partial charge in [0.2, 0.25) is 5.88 Å². The van der Waals surface area contributed by atoms with Crippen LogP contribution >= 0.6 is 0 Å². The Morgan fingerprint density at radius 3 is 2.86 bits per heavy atom. The summed E-state index contributed by atoms with van der Waals surface area (Å²) in [6.45, 7) is 2.88. The van der Waals surface area contributed by atoms with Crippen LogP contribution in [-0.4, -0.2) is 11.7 Å². The standard InChI is InChI=1S/C10H15N3O/c1-3-4-5-13-8(7-11)6-9(12)10(13)14-2/h6H,3-5,12H2,1-2H3. The van der Waals surface area contributed by atoms with Crippen LogP contribution in [0.25, 0.3) is 0 Å². The summed E-state index contributed by atoms with van der Waals surface area (Å²) in [7, 11) is 1.56. The third-order valence-corrected chi connectivity index (χ3v) is 2.12. The van der Waals surface area contributed by atoms with Crippen molar-refractivity contribution in [1.82, 2.24) is 4.57 Å². The number of rotatable bonds is 4. The third kappa shape index (κ3) is 1.82. The normalized spacial score (nSPS) is 9.79. The average molecular weight is 193 g/mol. The first-order chi connectivity index (χ1) is 6.74. The van der Waals surface area contributed by atoms with Crippen LogP contribution in [0.4, 0.5) is 5.69 Å². The Hall–Kier alpha value is -1.63. The van der Waals surface area contributed by atoms with Gasteiger partial charge in [0.15, 0.2) is 0 Å². The molecule has 0 aromatic carbocycles. The van der Waals surface area contributed by atoms with E-state index < -0.39 is 0 Å². The van der Waals surface area contributed by atoms with Crippen molar-refractivity contribution in [2.75, 3.05) is 12.8 Å². The van der Waals surface area contributed by atoms with Crippen LogP contribution < -0.4 is 10.5 Å². The predicted octanol–water partition coefficient (Wildman–Crippen LogP) is 1.75. The van der Waals surface area contributed by atoms with E-state index in [4.69, 9.17) is 15.7 Å². The predicted molar refractivity (Wildman–Crippen MR) is 55.0 cm³/mol. The van der Waals surface area contributed by atoms with Gasteiger partial charge in [-0.25, -0.2) is 0 Å². The second kappa shape index (κ2) is 4.56. The Labute approximate surface area is 83.9 Å². The number of nitrogens with zero attached hydrogens (tertiary/aromatic N) is 2. The van der Waals surface area contributed by atoms with E-state index in [0.29, 0.717) is 17.3 Å². The minimum atomic E-state index is 0.528. The maximum Gasteiger partial charge on any atom is 0.218 e. The van der Waals surface area contributed by atoms with Gasteiger partial charge in [0.1, 0.15) is 11.8 Å². The molecule has 0 amide bonds. The van der Waals surface area contributed by atoms with E-state index in [1.807, 2.05) is 4.57 Å². The first kappa shape index (κ1) is 10.5. The van der Waals surface area contributed by atoms with Gasteiger partial charge in [-0.1, -0.05) is 13.3 Å². The Morgan fingerprint density at radius 2 is 2.36 bits per heavy atom. The molecule has 0 radical (unpaired) electrons. The summed E-state index contributed by atoms with van der Waals surface area (Å²) in [6, 6.07) is 3.75. The molecule has 1 heterocycles. The molecule has 0 aliphatic heterocycles. The van der Waals surface area contributed by atoms with Gasteiger partial charge in [-0.3, -0.25) is 0 Å². The quantitative estimate of drug-likeness (QED) is 0.792. The van der Waals surface area contributed by atoms with Crippen LogP contribution in [0.2, 0.25) is 0 Å². The summed E-state index contributed by atoms with van der Waals surface area (Å²) >= 11 is 0. The van der Waals surface area contributed by atoms with Crippen LogP contribution in [0, 0.1) is 11.3 Å². The molecule has 0 atom stereocenters. The van der Waals surface area contributed by atoms with Crippen LogP contribution in [0.15, 0.2) is 6.07 Å². The lowest BCUT2D eigenvalue weighted by atomic mass is 10.3. The molecular weight excluding hydrogens is 178 g/mol. The number of nitrogens with two attached hydrogens (primary N) is 1. The number of nitriles is 1. The fourth-order valence-electron chi connectivity index (χ4n) is 1.41. The number of unbranched alkanes of at least 4 members (excludes halogenated alkanes) is 1. The van der Waals surface area contributed by atoms with Gasteiger partial charge in [0.25, 0.3) is 0 Å². The number of methoxy groups -OCH3 is 1. The lowest BCUT2D eigenvalue weighted by Gasteiger charge is -2.08. The average Bonchev–Trinajstić information content (AvgIpc) is 2.50. The molecule has 0 bridgehead atoms. The van der Waals surface area contributed by atoms with Gasteiger partial charge < -0.3 is 15.0 Å². The van der Waals surface area contributed by atoms with E-state index in [1.54, 1.807) is 13.2 Å². The first-order valence-electron chi connectivity index (χ1n) is 4.67. The number of aromatic nitrogens is 1. The van der Waals surface area contributed by atoms with E-state index in [9.17, 15) is 0 Å². The van der Waals surface area contributed by atoms with Crippen LogP contribution in [0.5, 0.6) is 5.88 Å². The Morgan fingerprint density at radius 1 is 1.64 bits per heavy atom. The highest BCUT2D eigenvalue weighted by Crippen LogP contribution is 2.26. The smallest absolute Gasteiger partial charge is 0.218 e. The summed E-state index contributed by atoms with van der Waals surface area (Å²) in [5.41, 5.74) is 6.79. The van der Waals surface area contributed by atoms with Crippen molar-refractivity contribution in [3.05, 3.63) is 11.8 Å². The Bertz CT molecular complexity index is 349. The van der Waals surface area contributed by atoms with Gasteiger partial charge in [-0.05, 0) is 6.42 Å². The van der Waals surface area contributed by atoms with Gasteiger partial charge in [0.05, 0.1) is 12.8 Å². The minimum absolute atomic E-state index is 0.528. The fraction of sp³-hybridized carbons (Fsp3) is 0.500.